The largest absolute Gasteiger partial charge is 0.462 e. The second kappa shape index (κ2) is 3.66. The molecule has 1 aliphatic carbocycles. The summed E-state index contributed by atoms with van der Waals surface area (Å²) < 4.78 is 5.31. The van der Waals surface area contributed by atoms with Crippen LogP contribution >= 0.6 is 0 Å². The van der Waals surface area contributed by atoms with E-state index in [1.165, 1.54) is 0 Å². The Morgan fingerprint density at radius 2 is 2.00 bits per heavy atom. The van der Waals surface area contributed by atoms with Crippen LogP contribution in [0.1, 0.15) is 33.6 Å². The van der Waals surface area contributed by atoms with Crippen molar-refractivity contribution in [1.29, 1.82) is 0 Å². The third kappa shape index (κ3) is 2.21. The second-order valence-electron chi connectivity index (χ2n) is 4.34. The molecule has 13 heavy (non-hydrogen) atoms. The highest BCUT2D eigenvalue weighted by Gasteiger charge is 2.50. The average molecular weight is 185 g/mol. The lowest BCUT2D eigenvalue weighted by molar-refractivity contribution is -0.156. The van der Waals surface area contributed by atoms with Gasteiger partial charge < -0.3 is 10.5 Å². The topological polar surface area (TPSA) is 52.3 Å². The molecule has 0 heterocycles. The Balaban J connectivity index is 2.41. The second-order valence-corrected chi connectivity index (χ2v) is 4.34. The summed E-state index contributed by atoms with van der Waals surface area (Å²) in [6.45, 7) is 6.44. The maximum absolute atomic E-state index is 11.6. The average Bonchev–Trinajstić information content (AvgIpc) is 2.84. The van der Waals surface area contributed by atoms with Gasteiger partial charge in [-0.05, 0) is 25.7 Å². The first kappa shape index (κ1) is 10.5. The molecule has 0 radical (unpaired) electrons. The summed E-state index contributed by atoms with van der Waals surface area (Å²) in [5, 5.41) is 0. The molecule has 1 saturated carbocycles. The zero-order valence-corrected chi connectivity index (χ0v) is 8.67. The van der Waals surface area contributed by atoms with Crippen molar-refractivity contribution in [2.45, 2.75) is 39.7 Å². The summed E-state index contributed by atoms with van der Waals surface area (Å²) in [7, 11) is 0. The van der Waals surface area contributed by atoms with Gasteiger partial charge in [0.25, 0.3) is 0 Å². The smallest absolute Gasteiger partial charge is 0.313 e. The lowest BCUT2D eigenvalue weighted by Crippen LogP contribution is -2.31. The third-order valence-electron chi connectivity index (χ3n) is 2.91. The summed E-state index contributed by atoms with van der Waals surface area (Å²) in [4.78, 5) is 11.6. The number of hydrogen-bond donors (Lipinski definition) is 1. The van der Waals surface area contributed by atoms with Gasteiger partial charge in [0.1, 0.15) is 6.10 Å². The van der Waals surface area contributed by atoms with Crippen LogP contribution < -0.4 is 5.73 Å². The van der Waals surface area contributed by atoms with Gasteiger partial charge in [-0.2, -0.15) is 0 Å². The van der Waals surface area contributed by atoms with E-state index in [1.807, 2.05) is 20.8 Å². The van der Waals surface area contributed by atoms with Crippen LogP contribution in [0.2, 0.25) is 0 Å². The van der Waals surface area contributed by atoms with Gasteiger partial charge in [0.2, 0.25) is 0 Å². The molecule has 0 aromatic rings. The fraction of sp³-hybridized carbons (Fsp3) is 0.900. The summed E-state index contributed by atoms with van der Waals surface area (Å²) in [5.74, 6) is 0.272. The Bertz CT molecular complexity index is 197. The van der Waals surface area contributed by atoms with E-state index in [1.54, 1.807) is 0 Å². The zero-order valence-electron chi connectivity index (χ0n) is 8.67. The van der Waals surface area contributed by atoms with Gasteiger partial charge in [0.15, 0.2) is 0 Å². The fourth-order valence-electron chi connectivity index (χ4n) is 1.07. The first-order chi connectivity index (χ1) is 6.02. The number of carbonyl (C=O) groups is 1. The van der Waals surface area contributed by atoms with Gasteiger partial charge in [0, 0.05) is 6.54 Å². The normalized spacial score (nSPS) is 21.3. The molecule has 0 aromatic carbocycles. The lowest BCUT2D eigenvalue weighted by atomic mass is 10.1. The SMILES string of the molecule is CC(C)C(C)OC(=O)C1(CN)CC1. The minimum Gasteiger partial charge on any atom is -0.462 e. The predicted molar refractivity (Wildman–Crippen MR) is 51.1 cm³/mol. The standard InChI is InChI=1S/C10H19NO2/c1-7(2)8(3)13-9(12)10(6-11)4-5-10/h7-8H,4-6,11H2,1-3H3. The Kier molecular flexibility index (Phi) is 2.96. The highest BCUT2D eigenvalue weighted by molar-refractivity contribution is 5.80. The summed E-state index contributed by atoms with van der Waals surface area (Å²) in [6, 6.07) is 0. The van der Waals surface area contributed by atoms with Crippen molar-refractivity contribution in [2.75, 3.05) is 6.54 Å². The minimum atomic E-state index is -0.316. The predicted octanol–water partition coefficient (Wildman–Crippen LogP) is 1.31. The van der Waals surface area contributed by atoms with Crippen LogP contribution in [0.25, 0.3) is 0 Å². The molecular weight excluding hydrogens is 166 g/mol. The van der Waals surface area contributed by atoms with E-state index in [9.17, 15) is 4.79 Å². The van der Waals surface area contributed by atoms with Crippen molar-refractivity contribution in [3.8, 4) is 0 Å². The number of rotatable bonds is 4. The van der Waals surface area contributed by atoms with Gasteiger partial charge in [-0.3, -0.25) is 4.79 Å². The number of hydrogen-bond acceptors (Lipinski definition) is 3. The fourth-order valence-corrected chi connectivity index (χ4v) is 1.07. The van der Waals surface area contributed by atoms with E-state index in [0.29, 0.717) is 12.5 Å². The molecule has 3 heteroatoms. The van der Waals surface area contributed by atoms with Gasteiger partial charge in [-0.1, -0.05) is 13.8 Å². The van der Waals surface area contributed by atoms with Crippen LogP contribution in [-0.2, 0) is 9.53 Å². The highest BCUT2D eigenvalue weighted by Crippen LogP contribution is 2.45. The van der Waals surface area contributed by atoms with E-state index in [-0.39, 0.29) is 17.5 Å². The molecule has 1 unspecified atom stereocenters. The lowest BCUT2D eigenvalue weighted by Gasteiger charge is -2.20. The Morgan fingerprint density at radius 1 is 1.46 bits per heavy atom. The third-order valence-corrected chi connectivity index (χ3v) is 2.91. The van der Waals surface area contributed by atoms with Crippen LogP contribution in [0, 0.1) is 11.3 Å². The molecule has 76 valence electrons. The van der Waals surface area contributed by atoms with Crippen LogP contribution in [0.3, 0.4) is 0 Å². The van der Waals surface area contributed by atoms with Crippen LogP contribution in [-0.4, -0.2) is 18.6 Å². The molecule has 0 bridgehead atoms. The molecule has 1 fully saturated rings. The van der Waals surface area contributed by atoms with Gasteiger partial charge >= 0.3 is 5.97 Å². The molecule has 1 aliphatic rings. The zero-order chi connectivity index (χ0) is 10.1. The molecule has 0 saturated heterocycles. The van der Waals surface area contributed by atoms with Crippen LogP contribution in [0.5, 0.6) is 0 Å². The molecular formula is C10H19NO2. The van der Waals surface area contributed by atoms with E-state index in [0.717, 1.165) is 12.8 Å². The van der Waals surface area contributed by atoms with Crippen molar-refractivity contribution < 1.29 is 9.53 Å². The number of nitrogens with two attached hydrogens (primary N) is 1. The molecule has 0 aliphatic heterocycles. The van der Waals surface area contributed by atoms with Crippen molar-refractivity contribution in [3.05, 3.63) is 0 Å². The Morgan fingerprint density at radius 3 is 2.31 bits per heavy atom. The maximum atomic E-state index is 11.6. The van der Waals surface area contributed by atoms with Gasteiger partial charge in [-0.15, -0.1) is 0 Å². The Labute approximate surface area is 79.6 Å². The summed E-state index contributed by atoms with van der Waals surface area (Å²) in [6.07, 6.45) is 1.79. The van der Waals surface area contributed by atoms with E-state index in [2.05, 4.69) is 0 Å². The van der Waals surface area contributed by atoms with Gasteiger partial charge in [-0.25, -0.2) is 0 Å². The molecule has 0 spiro atoms. The first-order valence-electron chi connectivity index (χ1n) is 4.93. The molecule has 0 aromatic heterocycles. The summed E-state index contributed by atoms with van der Waals surface area (Å²) in [5.41, 5.74) is 5.20. The van der Waals surface area contributed by atoms with Crippen molar-refractivity contribution in [1.82, 2.24) is 0 Å². The minimum absolute atomic E-state index is 0.00322. The summed E-state index contributed by atoms with van der Waals surface area (Å²) >= 11 is 0. The number of esters is 1. The number of ether oxygens (including phenoxy) is 1. The van der Waals surface area contributed by atoms with Crippen LogP contribution in [0.15, 0.2) is 0 Å². The van der Waals surface area contributed by atoms with Crippen LogP contribution in [0.4, 0.5) is 0 Å². The molecule has 3 nitrogen and oxygen atoms in total. The highest BCUT2D eigenvalue weighted by atomic mass is 16.5. The first-order valence-corrected chi connectivity index (χ1v) is 4.93. The maximum Gasteiger partial charge on any atom is 0.313 e. The molecule has 2 N–H and O–H groups in total. The van der Waals surface area contributed by atoms with Crippen molar-refractivity contribution in [2.24, 2.45) is 17.1 Å². The molecule has 1 rings (SSSR count). The van der Waals surface area contributed by atoms with Gasteiger partial charge in [0.05, 0.1) is 5.41 Å². The van der Waals surface area contributed by atoms with Crippen molar-refractivity contribution >= 4 is 5.97 Å². The molecule has 1 atom stereocenters. The monoisotopic (exact) mass is 185 g/mol. The quantitative estimate of drug-likeness (QED) is 0.672. The van der Waals surface area contributed by atoms with Crippen molar-refractivity contribution in [3.63, 3.8) is 0 Å². The Hall–Kier alpha value is -0.570. The number of carbonyl (C=O) groups excluding carboxylic acids is 1. The van der Waals surface area contributed by atoms with E-state index >= 15 is 0 Å². The van der Waals surface area contributed by atoms with E-state index < -0.39 is 0 Å². The van der Waals surface area contributed by atoms with E-state index in [4.69, 9.17) is 10.5 Å². The molecule has 0 amide bonds.